The highest BCUT2D eigenvalue weighted by Crippen LogP contribution is 2.42. The van der Waals surface area contributed by atoms with Crippen LogP contribution >= 0.6 is 12.2 Å². The highest BCUT2D eigenvalue weighted by Gasteiger charge is 2.43. The van der Waals surface area contributed by atoms with Crippen molar-refractivity contribution < 1.29 is 0 Å². The van der Waals surface area contributed by atoms with Crippen molar-refractivity contribution in [2.75, 3.05) is 0 Å². The molecule has 0 spiro atoms. The molecule has 0 aromatic carbocycles. The van der Waals surface area contributed by atoms with Gasteiger partial charge in [0.15, 0.2) is 5.11 Å². The molecule has 5 heteroatoms. The fourth-order valence-corrected chi connectivity index (χ4v) is 4.79. The van der Waals surface area contributed by atoms with Gasteiger partial charge in [-0.15, -0.1) is 0 Å². The second-order valence-electron chi connectivity index (χ2n) is 7.81. The van der Waals surface area contributed by atoms with E-state index in [1.807, 2.05) is 12.3 Å². The highest BCUT2D eigenvalue weighted by molar-refractivity contribution is 7.80. The maximum Gasteiger partial charge on any atom is 0.170 e. The molecule has 1 aliphatic heterocycles. The third-order valence-electron chi connectivity index (χ3n) is 5.78. The van der Waals surface area contributed by atoms with Crippen molar-refractivity contribution in [3.63, 3.8) is 0 Å². The number of thiocarbonyl (C=S) groups is 1. The minimum atomic E-state index is 0.105. The summed E-state index contributed by atoms with van der Waals surface area (Å²) < 4.78 is 2.28. The van der Waals surface area contributed by atoms with Gasteiger partial charge >= 0.3 is 0 Å². The summed E-state index contributed by atoms with van der Waals surface area (Å²) >= 11 is 5.81. The van der Waals surface area contributed by atoms with Crippen molar-refractivity contribution in [1.82, 2.24) is 19.8 Å². The molecule has 1 aliphatic carbocycles. The van der Waals surface area contributed by atoms with Gasteiger partial charge in [0.25, 0.3) is 0 Å². The third kappa shape index (κ3) is 3.25. The van der Waals surface area contributed by atoms with Gasteiger partial charge in [-0.25, -0.2) is 0 Å². The fraction of sp³-hybridized carbons (Fsp3) is 0.524. The number of hydrogen-bond acceptors (Lipinski definition) is 2. The molecule has 1 saturated heterocycles. The minimum Gasteiger partial charge on any atom is -0.352 e. The largest absolute Gasteiger partial charge is 0.352 e. The molecule has 2 atom stereocenters. The van der Waals surface area contributed by atoms with Gasteiger partial charge in [-0.05, 0) is 62.7 Å². The normalized spacial score (nSPS) is 24.3. The van der Waals surface area contributed by atoms with Gasteiger partial charge in [-0.2, -0.15) is 0 Å². The monoisotopic (exact) mass is 368 g/mol. The van der Waals surface area contributed by atoms with Gasteiger partial charge in [0.2, 0.25) is 0 Å². The Morgan fingerprint density at radius 2 is 1.96 bits per heavy atom. The Labute approximate surface area is 161 Å². The fourth-order valence-electron chi connectivity index (χ4n) is 4.40. The van der Waals surface area contributed by atoms with Gasteiger partial charge in [-0.1, -0.05) is 25.3 Å². The van der Waals surface area contributed by atoms with Crippen molar-refractivity contribution in [2.45, 2.75) is 70.1 Å². The maximum absolute atomic E-state index is 5.81. The summed E-state index contributed by atoms with van der Waals surface area (Å²) in [6, 6.07) is 9.70. The van der Waals surface area contributed by atoms with E-state index in [1.54, 1.807) is 0 Å². The lowest BCUT2D eigenvalue weighted by atomic mass is 9.91. The molecule has 0 radical (unpaired) electrons. The molecule has 4 rings (SSSR count). The van der Waals surface area contributed by atoms with Crippen molar-refractivity contribution in [3.8, 4) is 0 Å². The molecule has 0 unspecified atom stereocenters. The average Bonchev–Trinajstić information content (AvgIpc) is 3.28. The quantitative estimate of drug-likeness (QED) is 0.788. The standard InChI is InChI=1S/C21H28N4S/c1-15(2)24-13-11-16(14-24)20-19(18-10-6-7-12-22-18)23-21(26)25(20)17-8-4-3-5-9-17/h6-7,10-15,17,19-20H,3-5,8-9H2,1-2H3,(H,23,26)/t19-,20+/m1/s1. The molecule has 4 nitrogen and oxygen atoms in total. The summed E-state index contributed by atoms with van der Waals surface area (Å²) in [5.74, 6) is 0. The molecule has 2 aromatic heterocycles. The Morgan fingerprint density at radius 3 is 2.62 bits per heavy atom. The maximum atomic E-state index is 5.81. The van der Waals surface area contributed by atoms with Crippen LogP contribution in [0.2, 0.25) is 0 Å². The molecule has 2 aromatic rings. The number of pyridine rings is 1. The van der Waals surface area contributed by atoms with Gasteiger partial charge < -0.3 is 14.8 Å². The van der Waals surface area contributed by atoms with E-state index >= 15 is 0 Å². The van der Waals surface area contributed by atoms with Crippen LogP contribution in [0.15, 0.2) is 42.9 Å². The van der Waals surface area contributed by atoms with Crippen molar-refractivity contribution in [3.05, 3.63) is 54.1 Å². The lowest BCUT2D eigenvalue weighted by molar-refractivity contribution is 0.197. The van der Waals surface area contributed by atoms with Gasteiger partial charge in [0.05, 0.1) is 17.8 Å². The summed E-state index contributed by atoms with van der Waals surface area (Å²) in [5.41, 5.74) is 2.39. The lowest BCUT2D eigenvalue weighted by Gasteiger charge is -2.36. The second-order valence-corrected chi connectivity index (χ2v) is 8.20. The zero-order valence-electron chi connectivity index (χ0n) is 15.6. The average molecular weight is 369 g/mol. The van der Waals surface area contributed by atoms with E-state index in [1.165, 1.54) is 37.7 Å². The summed E-state index contributed by atoms with van der Waals surface area (Å²) in [5, 5.41) is 4.47. The van der Waals surface area contributed by atoms with Crippen LogP contribution in [-0.4, -0.2) is 25.6 Å². The Hall–Kier alpha value is -1.88. The first-order valence-electron chi connectivity index (χ1n) is 9.82. The topological polar surface area (TPSA) is 33.1 Å². The van der Waals surface area contributed by atoms with Crippen LogP contribution in [0.3, 0.4) is 0 Å². The minimum absolute atomic E-state index is 0.105. The van der Waals surface area contributed by atoms with E-state index in [9.17, 15) is 0 Å². The Kier molecular flexibility index (Phi) is 4.98. The molecule has 3 heterocycles. The SMILES string of the molecule is CC(C)n1ccc([C@H]2[C@@H](c3ccccn3)NC(=S)N2C2CCCCC2)c1. The van der Waals surface area contributed by atoms with Crippen molar-refractivity contribution in [2.24, 2.45) is 0 Å². The molecule has 2 aliphatic rings. The van der Waals surface area contributed by atoms with Gasteiger partial charge in [0.1, 0.15) is 0 Å². The molecule has 0 amide bonds. The molecule has 0 bridgehead atoms. The van der Waals surface area contributed by atoms with Crippen molar-refractivity contribution in [1.29, 1.82) is 0 Å². The Morgan fingerprint density at radius 1 is 1.15 bits per heavy atom. The molecule has 26 heavy (non-hydrogen) atoms. The molecule has 2 fully saturated rings. The van der Waals surface area contributed by atoms with Crippen LogP contribution in [0.4, 0.5) is 0 Å². The van der Waals surface area contributed by atoms with Crippen LogP contribution in [0.5, 0.6) is 0 Å². The van der Waals surface area contributed by atoms with E-state index in [4.69, 9.17) is 12.2 Å². The Balaban J connectivity index is 1.73. The molecule has 1 N–H and O–H groups in total. The summed E-state index contributed by atoms with van der Waals surface area (Å²) in [6.45, 7) is 4.44. The number of nitrogens with zero attached hydrogens (tertiary/aromatic N) is 3. The zero-order valence-corrected chi connectivity index (χ0v) is 16.5. The smallest absolute Gasteiger partial charge is 0.170 e. The number of rotatable bonds is 4. The van der Waals surface area contributed by atoms with Gasteiger partial charge in [-0.3, -0.25) is 4.98 Å². The van der Waals surface area contributed by atoms with E-state index in [-0.39, 0.29) is 12.1 Å². The molecule has 1 saturated carbocycles. The second kappa shape index (κ2) is 7.39. The number of hydrogen-bond donors (Lipinski definition) is 1. The zero-order chi connectivity index (χ0) is 18.1. The van der Waals surface area contributed by atoms with E-state index in [0.29, 0.717) is 12.1 Å². The van der Waals surface area contributed by atoms with Crippen molar-refractivity contribution >= 4 is 17.3 Å². The van der Waals surface area contributed by atoms with E-state index in [0.717, 1.165) is 10.8 Å². The predicted molar refractivity (Wildman–Crippen MR) is 109 cm³/mol. The van der Waals surface area contributed by atoms with Crippen LogP contribution < -0.4 is 5.32 Å². The van der Waals surface area contributed by atoms with Gasteiger partial charge in [0, 0.05) is 30.7 Å². The predicted octanol–water partition coefficient (Wildman–Crippen LogP) is 4.77. The molecular formula is C21H28N4S. The van der Waals surface area contributed by atoms with Crippen LogP contribution in [-0.2, 0) is 0 Å². The van der Waals surface area contributed by atoms with Crippen LogP contribution in [0.1, 0.15) is 75.3 Å². The number of nitrogens with one attached hydrogen (secondary N) is 1. The Bertz CT molecular complexity index is 748. The van der Waals surface area contributed by atoms with E-state index in [2.05, 4.69) is 64.2 Å². The third-order valence-corrected chi connectivity index (χ3v) is 6.11. The first kappa shape index (κ1) is 17.5. The lowest BCUT2D eigenvalue weighted by Crippen LogP contribution is -2.40. The van der Waals surface area contributed by atoms with E-state index < -0.39 is 0 Å². The summed E-state index contributed by atoms with van der Waals surface area (Å²) in [6.07, 6.45) is 12.8. The van der Waals surface area contributed by atoms with Crippen LogP contribution in [0, 0.1) is 0 Å². The summed E-state index contributed by atoms with van der Waals surface area (Å²) in [7, 11) is 0. The highest BCUT2D eigenvalue weighted by atomic mass is 32.1. The first-order chi connectivity index (χ1) is 12.6. The molecular weight excluding hydrogens is 340 g/mol. The summed E-state index contributed by atoms with van der Waals surface area (Å²) in [4.78, 5) is 7.12. The first-order valence-corrected chi connectivity index (χ1v) is 10.2. The molecule has 138 valence electrons. The van der Waals surface area contributed by atoms with Crippen LogP contribution in [0.25, 0.3) is 0 Å². The number of aromatic nitrogens is 2.